The van der Waals surface area contributed by atoms with Crippen LogP contribution in [0.1, 0.15) is 31.8 Å². The Balaban J connectivity index is 1.46. The van der Waals surface area contributed by atoms with Crippen LogP contribution < -0.4 is 5.32 Å². The van der Waals surface area contributed by atoms with Gasteiger partial charge in [-0.05, 0) is 24.4 Å². The van der Waals surface area contributed by atoms with Crippen molar-refractivity contribution in [3.8, 4) is 0 Å². The fourth-order valence-corrected chi connectivity index (χ4v) is 3.45. The molecule has 0 saturated carbocycles. The van der Waals surface area contributed by atoms with E-state index in [2.05, 4.69) is 5.32 Å². The van der Waals surface area contributed by atoms with Crippen LogP contribution in [0.2, 0.25) is 0 Å². The molecular formula is C27H21NO4. The van der Waals surface area contributed by atoms with E-state index in [9.17, 15) is 14.4 Å². The van der Waals surface area contributed by atoms with E-state index in [0.717, 1.165) is 16.3 Å². The minimum absolute atomic E-state index is 0.121. The Morgan fingerprint density at radius 2 is 1.41 bits per heavy atom. The van der Waals surface area contributed by atoms with E-state index >= 15 is 0 Å². The maximum absolute atomic E-state index is 12.9. The standard InChI is InChI=1S/C27H21NO4/c1-18-13-15-20(16-14-18)26(30)22-10-4-5-11-23(22)27(31)32-17-25(29)28-24-12-6-8-19-7-2-3-9-21(19)24/h2-16H,17H2,1H3,(H,28,29). The lowest BCUT2D eigenvalue weighted by atomic mass is 9.98. The Hall–Kier alpha value is -4.25. The van der Waals surface area contributed by atoms with Crippen molar-refractivity contribution >= 4 is 34.1 Å². The second-order valence-electron chi connectivity index (χ2n) is 7.39. The van der Waals surface area contributed by atoms with Gasteiger partial charge < -0.3 is 10.1 Å². The Morgan fingerprint density at radius 1 is 0.750 bits per heavy atom. The van der Waals surface area contributed by atoms with Crippen molar-refractivity contribution < 1.29 is 19.1 Å². The van der Waals surface area contributed by atoms with Gasteiger partial charge in [0.25, 0.3) is 5.91 Å². The number of fused-ring (bicyclic) bond motifs is 1. The first kappa shape index (κ1) is 21.0. The molecule has 4 aromatic carbocycles. The van der Waals surface area contributed by atoms with Crippen LogP contribution >= 0.6 is 0 Å². The van der Waals surface area contributed by atoms with Crippen molar-refractivity contribution in [1.82, 2.24) is 0 Å². The lowest BCUT2D eigenvalue weighted by molar-refractivity contribution is -0.119. The molecule has 0 aliphatic rings. The first-order chi connectivity index (χ1) is 15.5. The van der Waals surface area contributed by atoms with E-state index in [0.29, 0.717) is 11.3 Å². The number of benzene rings is 4. The highest BCUT2D eigenvalue weighted by molar-refractivity contribution is 6.14. The molecule has 1 amide bonds. The van der Waals surface area contributed by atoms with E-state index in [-0.39, 0.29) is 16.9 Å². The van der Waals surface area contributed by atoms with Crippen LogP contribution in [0.4, 0.5) is 5.69 Å². The number of hydrogen-bond donors (Lipinski definition) is 1. The highest BCUT2D eigenvalue weighted by atomic mass is 16.5. The molecule has 0 aromatic heterocycles. The topological polar surface area (TPSA) is 72.5 Å². The number of ether oxygens (including phenoxy) is 1. The van der Waals surface area contributed by atoms with E-state index in [1.165, 1.54) is 6.07 Å². The van der Waals surface area contributed by atoms with Crippen molar-refractivity contribution in [3.63, 3.8) is 0 Å². The summed E-state index contributed by atoms with van der Waals surface area (Å²) >= 11 is 0. The minimum Gasteiger partial charge on any atom is -0.452 e. The number of carbonyl (C=O) groups is 3. The highest BCUT2D eigenvalue weighted by Gasteiger charge is 2.20. The molecule has 5 nitrogen and oxygen atoms in total. The van der Waals surface area contributed by atoms with Crippen molar-refractivity contribution in [2.24, 2.45) is 0 Å². The molecule has 32 heavy (non-hydrogen) atoms. The van der Waals surface area contributed by atoms with Crippen molar-refractivity contribution in [1.29, 1.82) is 0 Å². The molecule has 0 fully saturated rings. The third-order valence-corrected chi connectivity index (χ3v) is 5.10. The van der Waals surface area contributed by atoms with Gasteiger partial charge in [-0.25, -0.2) is 4.79 Å². The summed E-state index contributed by atoms with van der Waals surface area (Å²) in [7, 11) is 0. The van der Waals surface area contributed by atoms with Gasteiger partial charge in [-0.3, -0.25) is 9.59 Å². The van der Waals surface area contributed by atoms with Gasteiger partial charge in [0, 0.05) is 22.2 Å². The number of rotatable bonds is 6. The number of esters is 1. The van der Waals surface area contributed by atoms with Gasteiger partial charge in [-0.1, -0.05) is 84.4 Å². The Kier molecular flexibility index (Phi) is 6.08. The predicted molar refractivity (Wildman–Crippen MR) is 124 cm³/mol. The lowest BCUT2D eigenvalue weighted by Crippen LogP contribution is -2.22. The third kappa shape index (κ3) is 4.57. The molecule has 1 N–H and O–H groups in total. The quantitative estimate of drug-likeness (QED) is 0.343. The molecule has 4 aromatic rings. The highest BCUT2D eigenvalue weighted by Crippen LogP contribution is 2.23. The van der Waals surface area contributed by atoms with Crippen LogP contribution in [-0.4, -0.2) is 24.3 Å². The van der Waals surface area contributed by atoms with Crippen LogP contribution in [-0.2, 0) is 9.53 Å². The smallest absolute Gasteiger partial charge is 0.339 e. The van der Waals surface area contributed by atoms with E-state index in [1.807, 2.05) is 55.5 Å². The monoisotopic (exact) mass is 423 g/mol. The number of aryl methyl sites for hydroxylation is 1. The van der Waals surface area contributed by atoms with Gasteiger partial charge in [0.2, 0.25) is 0 Å². The van der Waals surface area contributed by atoms with Gasteiger partial charge in [-0.2, -0.15) is 0 Å². The maximum Gasteiger partial charge on any atom is 0.339 e. The summed E-state index contributed by atoms with van der Waals surface area (Å²) in [6, 6.07) is 26.8. The van der Waals surface area contributed by atoms with Gasteiger partial charge >= 0.3 is 5.97 Å². The molecule has 0 radical (unpaired) electrons. The van der Waals surface area contributed by atoms with E-state index in [1.54, 1.807) is 36.4 Å². The molecule has 5 heteroatoms. The average Bonchev–Trinajstić information content (AvgIpc) is 2.83. The maximum atomic E-state index is 12.9. The summed E-state index contributed by atoms with van der Waals surface area (Å²) in [5.41, 5.74) is 2.50. The molecular weight excluding hydrogens is 402 g/mol. The summed E-state index contributed by atoms with van der Waals surface area (Å²) in [6.45, 7) is 1.47. The molecule has 0 bridgehead atoms. The summed E-state index contributed by atoms with van der Waals surface area (Å²) in [6.07, 6.45) is 0. The fourth-order valence-electron chi connectivity index (χ4n) is 3.45. The van der Waals surface area contributed by atoms with Crippen LogP contribution in [0.5, 0.6) is 0 Å². The molecule has 158 valence electrons. The van der Waals surface area contributed by atoms with Gasteiger partial charge in [0.1, 0.15) is 0 Å². The molecule has 0 atom stereocenters. The third-order valence-electron chi connectivity index (χ3n) is 5.10. The molecule has 0 spiro atoms. The fraction of sp³-hybridized carbons (Fsp3) is 0.0741. The number of nitrogens with one attached hydrogen (secondary N) is 1. The lowest BCUT2D eigenvalue weighted by Gasteiger charge is -2.11. The molecule has 0 aliphatic carbocycles. The van der Waals surface area contributed by atoms with Crippen LogP contribution in [0, 0.1) is 6.92 Å². The SMILES string of the molecule is Cc1ccc(C(=O)c2ccccc2C(=O)OCC(=O)Nc2cccc3ccccc23)cc1. The normalized spacial score (nSPS) is 10.5. The zero-order chi connectivity index (χ0) is 22.5. The largest absolute Gasteiger partial charge is 0.452 e. The second kappa shape index (κ2) is 9.27. The first-order valence-electron chi connectivity index (χ1n) is 10.2. The molecule has 0 unspecified atom stereocenters. The summed E-state index contributed by atoms with van der Waals surface area (Å²) < 4.78 is 5.22. The van der Waals surface area contributed by atoms with Crippen molar-refractivity contribution in [3.05, 3.63) is 113 Å². The first-order valence-corrected chi connectivity index (χ1v) is 10.2. The summed E-state index contributed by atoms with van der Waals surface area (Å²) in [4.78, 5) is 38.0. The number of ketones is 1. The van der Waals surface area contributed by atoms with Crippen molar-refractivity contribution in [2.75, 3.05) is 11.9 Å². The molecule has 0 saturated heterocycles. The van der Waals surface area contributed by atoms with Gasteiger partial charge in [0.15, 0.2) is 12.4 Å². The van der Waals surface area contributed by atoms with Crippen LogP contribution in [0.3, 0.4) is 0 Å². The Labute approximate surface area is 185 Å². The Bertz CT molecular complexity index is 1300. The number of amides is 1. The zero-order valence-corrected chi connectivity index (χ0v) is 17.5. The average molecular weight is 423 g/mol. The van der Waals surface area contributed by atoms with Crippen molar-refractivity contribution in [2.45, 2.75) is 6.92 Å². The number of carbonyl (C=O) groups excluding carboxylic acids is 3. The molecule has 0 heterocycles. The van der Waals surface area contributed by atoms with Crippen LogP contribution in [0.25, 0.3) is 10.8 Å². The zero-order valence-electron chi connectivity index (χ0n) is 17.5. The second-order valence-corrected chi connectivity index (χ2v) is 7.39. The predicted octanol–water partition coefficient (Wildman–Crippen LogP) is 5.17. The van der Waals surface area contributed by atoms with E-state index in [4.69, 9.17) is 4.74 Å². The Morgan fingerprint density at radius 3 is 2.19 bits per heavy atom. The molecule has 4 rings (SSSR count). The number of anilines is 1. The summed E-state index contributed by atoms with van der Waals surface area (Å²) in [5.74, 6) is -1.47. The van der Waals surface area contributed by atoms with E-state index < -0.39 is 18.5 Å². The minimum atomic E-state index is -0.728. The number of hydrogen-bond acceptors (Lipinski definition) is 4. The van der Waals surface area contributed by atoms with Gasteiger partial charge in [0.05, 0.1) is 5.56 Å². The summed E-state index contributed by atoms with van der Waals surface area (Å²) in [5, 5.41) is 4.66. The molecule has 0 aliphatic heterocycles. The van der Waals surface area contributed by atoms with Gasteiger partial charge in [-0.15, -0.1) is 0 Å². The van der Waals surface area contributed by atoms with Crippen LogP contribution in [0.15, 0.2) is 91.0 Å².